The van der Waals surface area contributed by atoms with Gasteiger partial charge in [-0.1, -0.05) is 41.5 Å². The van der Waals surface area contributed by atoms with Gasteiger partial charge >= 0.3 is 0 Å². The number of hydrogen-bond donors (Lipinski definition) is 1. The van der Waals surface area contributed by atoms with Crippen molar-refractivity contribution in [2.45, 2.75) is 54.4 Å². The molecule has 1 amide bonds. The zero-order valence-corrected chi connectivity index (χ0v) is 10.5. The van der Waals surface area contributed by atoms with Gasteiger partial charge < -0.3 is 5.73 Å². The van der Waals surface area contributed by atoms with E-state index in [4.69, 9.17) is 5.73 Å². The van der Waals surface area contributed by atoms with Gasteiger partial charge in [0.2, 0.25) is 5.91 Å². The molecule has 0 spiro atoms. The molecule has 0 aromatic heterocycles. The van der Waals surface area contributed by atoms with E-state index in [0.717, 1.165) is 6.42 Å². The van der Waals surface area contributed by atoms with Crippen LogP contribution in [0.15, 0.2) is 0 Å². The summed E-state index contributed by atoms with van der Waals surface area (Å²) in [7, 11) is 0. The van der Waals surface area contributed by atoms with Crippen molar-refractivity contribution in [2.75, 3.05) is 0 Å². The summed E-state index contributed by atoms with van der Waals surface area (Å²) in [6.45, 7) is 13.4. The third-order valence-corrected chi connectivity index (χ3v) is 2.77. The van der Waals surface area contributed by atoms with E-state index in [0.29, 0.717) is 12.3 Å². The summed E-state index contributed by atoms with van der Waals surface area (Å²) in [4.78, 5) is 10.8. The standard InChI is InChI=1S/C12H25NO/c1-11(2,3)9(12(4,5)6)7-8-10(13)14/h9H,7-8H2,1-6H3,(H2,13,14). The van der Waals surface area contributed by atoms with Gasteiger partial charge in [0, 0.05) is 6.42 Å². The Bertz CT molecular complexity index is 181. The summed E-state index contributed by atoms with van der Waals surface area (Å²) in [6.07, 6.45) is 1.39. The van der Waals surface area contributed by atoms with Crippen LogP contribution >= 0.6 is 0 Å². The second kappa shape index (κ2) is 4.33. The Morgan fingerprint density at radius 3 is 1.64 bits per heavy atom. The SMILES string of the molecule is CC(C)(C)C(CCC(N)=O)C(C)(C)C. The zero-order valence-electron chi connectivity index (χ0n) is 10.5. The molecule has 0 saturated heterocycles. The molecule has 0 fully saturated rings. The topological polar surface area (TPSA) is 43.1 Å². The molecule has 0 unspecified atom stereocenters. The molecule has 0 heterocycles. The molecular weight excluding hydrogens is 174 g/mol. The summed E-state index contributed by atoms with van der Waals surface area (Å²) in [5.41, 5.74) is 5.65. The second-order valence-corrected chi connectivity index (χ2v) is 6.29. The van der Waals surface area contributed by atoms with Crippen molar-refractivity contribution in [1.82, 2.24) is 0 Å². The number of carbonyl (C=O) groups excluding carboxylic acids is 1. The predicted molar refractivity (Wildman–Crippen MR) is 60.8 cm³/mol. The first kappa shape index (κ1) is 13.5. The van der Waals surface area contributed by atoms with Crippen molar-refractivity contribution in [2.24, 2.45) is 22.5 Å². The van der Waals surface area contributed by atoms with Crippen LogP contribution in [0.5, 0.6) is 0 Å². The predicted octanol–water partition coefficient (Wildman–Crippen LogP) is 2.96. The highest BCUT2D eigenvalue weighted by Gasteiger charge is 2.34. The van der Waals surface area contributed by atoms with Crippen LogP contribution < -0.4 is 5.73 Å². The van der Waals surface area contributed by atoms with E-state index in [1.807, 2.05) is 0 Å². The van der Waals surface area contributed by atoms with Crippen LogP contribution in [0, 0.1) is 16.7 Å². The summed E-state index contributed by atoms with van der Waals surface area (Å²) < 4.78 is 0. The molecule has 0 radical (unpaired) electrons. The number of amides is 1. The highest BCUT2D eigenvalue weighted by Crippen LogP contribution is 2.42. The normalized spacial score (nSPS) is 13.4. The van der Waals surface area contributed by atoms with Crippen LogP contribution in [0.2, 0.25) is 0 Å². The third-order valence-electron chi connectivity index (χ3n) is 2.77. The maximum atomic E-state index is 10.8. The van der Waals surface area contributed by atoms with Crippen LogP contribution in [0.3, 0.4) is 0 Å². The molecule has 0 atom stereocenters. The first-order valence-electron chi connectivity index (χ1n) is 5.33. The largest absolute Gasteiger partial charge is 0.370 e. The summed E-state index contributed by atoms with van der Waals surface area (Å²) >= 11 is 0. The minimum atomic E-state index is -0.191. The van der Waals surface area contributed by atoms with Crippen LogP contribution in [0.4, 0.5) is 0 Å². The Morgan fingerprint density at radius 2 is 1.43 bits per heavy atom. The first-order valence-corrected chi connectivity index (χ1v) is 5.33. The molecule has 0 aliphatic carbocycles. The van der Waals surface area contributed by atoms with Crippen molar-refractivity contribution in [3.05, 3.63) is 0 Å². The fourth-order valence-electron chi connectivity index (χ4n) is 2.45. The molecule has 0 aliphatic heterocycles. The van der Waals surface area contributed by atoms with E-state index < -0.39 is 0 Å². The van der Waals surface area contributed by atoms with Crippen LogP contribution in [-0.4, -0.2) is 5.91 Å². The molecule has 2 N–H and O–H groups in total. The minimum absolute atomic E-state index is 0.191. The molecule has 2 heteroatoms. The zero-order chi connectivity index (χ0) is 11.6. The highest BCUT2D eigenvalue weighted by atomic mass is 16.1. The van der Waals surface area contributed by atoms with Gasteiger partial charge in [0.25, 0.3) is 0 Å². The van der Waals surface area contributed by atoms with Crippen molar-refractivity contribution in [3.8, 4) is 0 Å². The Labute approximate surface area is 88.3 Å². The average Bonchev–Trinajstić information content (AvgIpc) is 1.78. The molecule has 2 nitrogen and oxygen atoms in total. The second-order valence-electron chi connectivity index (χ2n) is 6.29. The number of hydrogen-bond acceptors (Lipinski definition) is 1. The van der Waals surface area contributed by atoms with E-state index >= 15 is 0 Å². The monoisotopic (exact) mass is 199 g/mol. The van der Waals surface area contributed by atoms with Gasteiger partial charge in [-0.3, -0.25) is 4.79 Å². The Hall–Kier alpha value is -0.530. The van der Waals surface area contributed by atoms with Crippen molar-refractivity contribution in [1.29, 1.82) is 0 Å². The lowest BCUT2D eigenvalue weighted by atomic mass is 9.65. The molecule has 0 bridgehead atoms. The van der Waals surface area contributed by atoms with E-state index in [9.17, 15) is 4.79 Å². The number of nitrogens with two attached hydrogens (primary N) is 1. The average molecular weight is 199 g/mol. The van der Waals surface area contributed by atoms with Gasteiger partial charge in [-0.2, -0.15) is 0 Å². The lowest BCUT2D eigenvalue weighted by Crippen LogP contribution is -2.33. The molecule has 0 aromatic carbocycles. The van der Waals surface area contributed by atoms with Crippen molar-refractivity contribution in [3.63, 3.8) is 0 Å². The number of carbonyl (C=O) groups is 1. The molecule has 14 heavy (non-hydrogen) atoms. The fourth-order valence-corrected chi connectivity index (χ4v) is 2.45. The van der Waals surface area contributed by atoms with E-state index in [1.54, 1.807) is 0 Å². The van der Waals surface area contributed by atoms with Gasteiger partial charge in [-0.15, -0.1) is 0 Å². The van der Waals surface area contributed by atoms with Gasteiger partial charge in [0.1, 0.15) is 0 Å². The van der Waals surface area contributed by atoms with Crippen LogP contribution in [-0.2, 0) is 4.79 Å². The molecule has 0 rings (SSSR count). The summed E-state index contributed by atoms with van der Waals surface area (Å²) in [5.74, 6) is 0.325. The first-order chi connectivity index (χ1) is 6.05. The molecule has 0 aliphatic rings. The molecule has 84 valence electrons. The number of primary amides is 1. The molecule has 0 aromatic rings. The molecule has 0 saturated carbocycles. The Kier molecular flexibility index (Phi) is 4.16. The Morgan fingerprint density at radius 1 is 1.07 bits per heavy atom. The van der Waals surface area contributed by atoms with E-state index in [1.165, 1.54) is 0 Å². The van der Waals surface area contributed by atoms with E-state index in [2.05, 4.69) is 41.5 Å². The quantitative estimate of drug-likeness (QED) is 0.746. The maximum Gasteiger partial charge on any atom is 0.217 e. The van der Waals surface area contributed by atoms with Gasteiger partial charge in [-0.05, 0) is 23.2 Å². The maximum absolute atomic E-state index is 10.8. The highest BCUT2D eigenvalue weighted by molar-refractivity contribution is 5.73. The molecular formula is C12H25NO. The smallest absolute Gasteiger partial charge is 0.217 e. The lowest BCUT2D eigenvalue weighted by molar-refractivity contribution is -0.118. The van der Waals surface area contributed by atoms with Crippen LogP contribution in [0.25, 0.3) is 0 Å². The van der Waals surface area contributed by atoms with Gasteiger partial charge in [0.05, 0.1) is 0 Å². The fraction of sp³-hybridized carbons (Fsp3) is 0.917. The third kappa shape index (κ3) is 4.64. The van der Waals surface area contributed by atoms with Gasteiger partial charge in [-0.25, -0.2) is 0 Å². The summed E-state index contributed by atoms with van der Waals surface area (Å²) in [6, 6.07) is 0. The van der Waals surface area contributed by atoms with Gasteiger partial charge in [0.15, 0.2) is 0 Å². The lowest BCUT2D eigenvalue weighted by Gasteiger charge is -2.40. The summed E-state index contributed by atoms with van der Waals surface area (Å²) in [5, 5.41) is 0. The van der Waals surface area contributed by atoms with Crippen LogP contribution in [0.1, 0.15) is 54.4 Å². The van der Waals surface area contributed by atoms with Crippen molar-refractivity contribution >= 4 is 5.91 Å². The van der Waals surface area contributed by atoms with E-state index in [-0.39, 0.29) is 16.7 Å². The van der Waals surface area contributed by atoms with Crippen molar-refractivity contribution < 1.29 is 4.79 Å². The Balaban J connectivity index is 4.51. The number of rotatable bonds is 3. The minimum Gasteiger partial charge on any atom is -0.370 e.